The Labute approximate surface area is 527 Å². The van der Waals surface area contributed by atoms with E-state index in [2.05, 4.69) is 33.1 Å². The number of primary amides is 1. The van der Waals surface area contributed by atoms with E-state index in [0.717, 1.165) is 23.1 Å². The molecule has 3 heterocycles. The zero-order valence-electron chi connectivity index (χ0n) is 52.1. The first-order valence-electron chi connectivity index (χ1n) is 29.6. The summed E-state index contributed by atoms with van der Waals surface area (Å²) in [5.74, 6) is -9.87. The molecule has 4 bridgehead atoms. The number of nitrogens with zero attached hydrogens (tertiary/aromatic N) is 2. The van der Waals surface area contributed by atoms with Crippen LogP contribution in [0.3, 0.4) is 0 Å². The first-order valence-corrected chi connectivity index (χ1v) is 31.1. The smallest absolute Gasteiger partial charge is 0.334 e. The summed E-state index contributed by atoms with van der Waals surface area (Å²) in [7, 11) is 4.10. The van der Waals surface area contributed by atoms with E-state index in [0.29, 0.717) is 54.1 Å². The lowest BCUT2D eigenvalue weighted by Crippen LogP contribution is -2.53. The number of nitrogens with one attached hydrogen (secondary N) is 2. The molecule has 5 rings (SSSR count). The van der Waals surface area contributed by atoms with Gasteiger partial charge in [-0.3, -0.25) is 28.8 Å². The van der Waals surface area contributed by atoms with E-state index in [4.69, 9.17) is 41.0 Å². The zero-order chi connectivity index (χ0) is 65.7. The van der Waals surface area contributed by atoms with Crippen molar-refractivity contribution in [3.63, 3.8) is 0 Å². The lowest BCUT2D eigenvalue weighted by Gasteiger charge is -2.41. The Balaban J connectivity index is 1.33. The molecule has 2 fully saturated rings. The normalized spacial score (nSPS) is 24.4. The van der Waals surface area contributed by atoms with Crippen molar-refractivity contribution in [2.75, 3.05) is 38.0 Å². The summed E-state index contributed by atoms with van der Waals surface area (Å²) < 4.78 is 61.7. The highest BCUT2D eigenvalue weighted by Crippen LogP contribution is 2.50. The Morgan fingerprint density at radius 3 is 2.36 bits per heavy atom. The predicted molar refractivity (Wildman–Crippen MR) is 328 cm³/mol. The number of rotatable bonds is 25. The number of methoxy groups -OCH3 is 1. The quantitative estimate of drug-likeness (QED) is 0.0181. The Morgan fingerprint density at radius 2 is 1.72 bits per heavy atom. The molecular weight excluding hydrogens is 1230 g/mol. The van der Waals surface area contributed by atoms with Gasteiger partial charge in [-0.15, -0.1) is 0 Å². The topological polar surface area (TPSA) is 280 Å². The maximum absolute atomic E-state index is 16.2. The largest absolute Gasteiger partial charge is 0.462 e. The molecule has 2 aromatic carbocycles. The minimum atomic E-state index is -1.69. The van der Waals surface area contributed by atoms with E-state index in [1.807, 2.05) is 19.1 Å². The van der Waals surface area contributed by atoms with Crippen LogP contribution in [-0.4, -0.2) is 150 Å². The van der Waals surface area contributed by atoms with Gasteiger partial charge in [0.2, 0.25) is 11.8 Å². The van der Waals surface area contributed by atoms with Gasteiger partial charge in [0.25, 0.3) is 5.91 Å². The maximum Gasteiger partial charge on any atom is 0.334 e. The number of Topliss-reactive ketones (excluding diaryl/α,β-unsaturated/α-hetero) is 2. The van der Waals surface area contributed by atoms with Gasteiger partial charge in [-0.25, -0.2) is 23.2 Å². The fourth-order valence-electron chi connectivity index (χ4n) is 11.1. The second-order valence-corrected chi connectivity index (χ2v) is 25.0. The fraction of sp³-hybridized carbons (Fsp3) is 0.578. The minimum Gasteiger partial charge on any atom is -0.462 e. The van der Waals surface area contributed by atoms with E-state index in [-0.39, 0.29) is 67.7 Å². The molecule has 20 nitrogen and oxygen atoms in total. The summed E-state index contributed by atoms with van der Waals surface area (Å²) in [6.45, 7) is 17.2. The number of halogens is 4. The van der Waals surface area contributed by atoms with Crippen molar-refractivity contribution >= 4 is 86.4 Å². The van der Waals surface area contributed by atoms with Crippen LogP contribution in [-0.2, 0) is 70.1 Å². The lowest BCUT2D eigenvalue weighted by atomic mass is 9.78. The Kier molecular flexibility index (Phi) is 26.2. The number of epoxide rings is 1. The predicted octanol–water partition coefficient (Wildman–Crippen LogP) is 8.38. The average Bonchev–Trinajstić information content (AvgIpc) is 1.59. The number of fused-ring (bicyclic) bond motifs is 5. The third-order valence-electron chi connectivity index (χ3n) is 16.8. The molecule has 0 radical (unpaired) electrons. The van der Waals surface area contributed by atoms with Gasteiger partial charge in [-0.2, -0.15) is 0 Å². The van der Waals surface area contributed by atoms with Crippen molar-refractivity contribution in [1.29, 1.82) is 0 Å². The summed E-state index contributed by atoms with van der Waals surface area (Å²) in [6.07, 6.45) is 1.13. The number of hydrogen-bond acceptors (Lipinski definition) is 15. The van der Waals surface area contributed by atoms with Gasteiger partial charge >= 0.3 is 23.9 Å². The molecule has 0 spiro atoms. The molecule has 0 saturated carbocycles. The number of hydrogen-bond donors (Lipinski definition) is 4. The highest BCUT2D eigenvalue weighted by molar-refractivity contribution is 9.09. The van der Waals surface area contributed by atoms with Crippen LogP contribution in [0.5, 0.6) is 0 Å². The van der Waals surface area contributed by atoms with E-state index in [9.17, 15) is 48.3 Å². The number of nitrogens with two attached hydrogens (primary N) is 1. The third-order valence-corrected chi connectivity index (χ3v) is 17.9. The molecule has 5 N–H and O–H groups in total. The van der Waals surface area contributed by atoms with Crippen LogP contribution in [0, 0.1) is 36.3 Å². The molecule has 5 amide bonds. The number of aliphatic hydroxyl groups is 1. The molecule has 2 saturated heterocycles. The van der Waals surface area contributed by atoms with Crippen molar-refractivity contribution < 1.29 is 80.7 Å². The average molecular weight is 1320 g/mol. The summed E-state index contributed by atoms with van der Waals surface area (Å²) in [6, 6.07) is 1.28. The second-order valence-electron chi connectivity index (χ2n) is 24.1. The molecule has 0 aliphatic carbocycles. The van der Waals surface area contributed by atoms with Crippen LogP contribution in [0.1, 0.15) is 140 Å². The number of esters is 3. The van der Waals surface area contributed by atoms with Gasteiger partial charge in [0, 0.05) is 76.2 Å². The molecule has 88 heavy (non-hydrogen) atoms. The number of ether oxygens (including phenoxy) is 5. The number of aryl methyl sites for hydroxylation is 1. The molecule has 11 atom stereocenters. The van der Waals surface area contributed by atoms with Crippen LogP contribution >= 0.6 is 27.5 Å². The molecular formula is C64H85BrClF2N5O15. The number of benzene rings is 2. The number of carbonyl (C=O) groups excluding carboxylic acids is 9. The number of unbranched alkanes of at least 4 members (excludes halogenated alkanes) is 1. The van der Waals surface area contributed by atoms with Gasteiger partial charge in [0.05, 0.1) is 47.4 Å². The van der Waals surface area contributed by atoms with Gasteiger partial charge in [-0.1, -0.05) is 84.7 Å². The molecule has 3 aliphatic heterocycles. The molecule has 3 aliphatic rings. The van der Waals surface area contributed by atoms with Gasteiger partial charge < -0.3 is 55.0 Å². The number of anilines is 1. The van der Waals surface area contributed by atoms with E-state index >= 15 is 8.78 Å². The van der Waals surface area contributed by atoms with Crippen molar-refractivity contribution in [3.05, 3.63) is 99.1 Å². The number of ketones is 2. The third kappa shape index (κ3) is 19.1. The van der Waals surface area contributed by atoms with Gasteiger partial charge in [0.15, 0.2) is 5.78 Å². The SMILES string of the molecule is C=C(CBr)C(=O)OC(C)CCCCC(=O)C[C@H](C(=O)N[C@@H](CCCNC(N)=O)C(=O)Cc1cc(F)c(C(=O)N(C)[C@@H](C)C(=O)O[C@H]2CC(=O)N(C)c3cc(cc(C)c3Cl)C/C(C)=C/C=C/[C@@H](OC)[C@]3(O)CC(=O)O[C@@H](C3)[C@@H](C)[C@@H]3O[C@@]23C)cc1F)C(C)C. The number of carbonyl (C=O) groups is 9. The maximum atomic E-state index is 16.2. The summed E-state index contributed by atoms with van der Waals surface area (Å²) in [5.41, 5.74) is 3.89. The number of amides is 5. The molecule has 1 unspecified atom stereocenters. The highest BCUT2D eigenvalue weighted by Gasteiger charge is 2.64. The van der Waals surface area contributed by atoms with Gasteiger partial charge in [0.1, 0.15) is 53.0 Å². The first-order chi connectivity index (χ1) is 41.2. The summed E-state index contributed by atoms with van der Waals surface area (Å²) in [4.78, 5) is 123. The highest BCUT2D eigenvalue weighted by atomic mass is 79.9. The monoisotopic (exact) mass is 1320 g/mol. The fourth-order valence-corrected chi connectivity index (χ4v) is 11.5. The van der Waals surface area contributed by atoms with Crippen molar-refractivity contribution in [1.82, 2.24) is 15.5 Å². The van der Waals surface area contributed by atoms with Crippen molar-refractivity contribution in [2.24, 2.45) is 23.5 Å². The molecule has 2 aromatic rings. The van der Waals surface area contributed by atoms with Gasteiger partial charge in [-0.05, 0) is 114 Å². The molecule has 24 heteroatoms. The van der Waals surface area contributed by atoms with E-state index in [1.54, 1.807) is 59.8 Å². The Hall–Kier alpha value is -6.40. The summed E-state index contributed by atoms with van der Waals surface area (Å²) >= 11 is 10.0. The number of alkyl halides is 1. The van der Waals surface area contributed by atoms with Crippen LogP contribution in [0.2, 0.25) is 5.02 Å². The lowest BCUT2D eigenvalue weighted by molar-refractivity contribution is -0.187. The standard InChI is InChI=1S/C64H85BrClF2N5O15/c1-34(2)44(28-43(74)19-14-13-18-38(6)85-60(80)37(5)33-65)58(78)71-48(20-16-22-70-62(69)82)50(75)27-42-26-47(68)45(29-46(42)67)59(79)72(10)40(8)61(81)87-53-30-54(76)73(11)49-25-41(24-36(4)56(49)66)23-35(3)17-15-21-52(84-12)64(83)31-51(86-55(77)32-64)39(7)57-63(53,9)88-57/h15,17,21,24-26,29,34,38-40,44,48,51-53,57,83H,5,13-14,16,18-20,22-23,27-28,30-33H2,1-4,6-12H3,(H,71,78)(H3,69,70,82)/b21-15+,35-17+/t38?,39-,40+,44+,48+,51+,52-,53+,57+,63+,64-/m1/s1. The van der Waals surface area contributed by atoms with Crippen LogP contribution in [0.15, 0.2) is 60.2 Å². The second kappa shape index (κ2) is 31.9. The minimum absolute atomic E-state index is 0.00773. The number of allylic oxidation sites excluding steroid dienone is 3. The van der Waals surface area contributed by atoms with Crippen molar-refractivity contribution in [2.45, 2.75) is 186 Å². The van der Waals surface area contributed by atoms with E-state index in [1.165, 1.54) is 26.0 Å². The first kappa shape index (κ1) is 72.3. The van der Waals surface area contributed by atoms with E-state index < -0.39 is 149 Å². The number of urea groups is 1. The van der Waals surface area contributed by atoms with Crippen LogP contribution < -0.4 is 21.3 Å². The number of likely N-dealkylation sites (N-methyl/N-ethyl adjacent to an activating group) is 1. The zero-order valence-corrected chi connectivity index (χ0v) is 54.4. The Morgan fingerprint density at radius 1 is 1.02 bits per heavy atom. The Bertz CT molecular complexity index is 3030. The van der Waals surface area contributed by atoms with Crippen LogP contribution in [0.25, 0.3) is 0 Å². The molecule has 0 aromatic heterocycles. The van der Waals surface area contributed by atoms with Crippen LogP contribution in [0.4, 0.5) is 19.3 Å². The summed E-state index contributed by atoms with van der Waals surface area (Å²) in [5, 5.41) is 17.7. The molecule has 484 valence electrons. The van der Waals surface area contributed by atoms with Crippen molar-refractivity contribution in [3.8, 4) is 0 Å².